The summed E-state index contributed by atoms with van der Waals surface area (Å²) in [5.74, 6) is -0.289. The van der Waals surface area contributed by atoms with E-state index in [1.165, 1.54) is 12.1 Å². The maximum Gasteiger partial charge on any atom is 0.254 e. The topological polar surface area (TPSA) is 51.0 Å². The third kappa shape index (κ3) is 2.56. The molecule has 5 nitrogen and oxygen atoms in total. The van der Waals surface area contributed by atoms with Crippen molar-refractivity contribution in [3.8, 4) is 5.69 Å². The van der Waals surface area contributed by atoms with Crippen molar-refractivity contribution in [1.29, 1.82) is 0 Å². The van der Waals surface area contributed by atoms with Crippen molar-refractivity contribution >= 4 is 5.91 Å². The maximum absolute atomic E-state index is 13.1. The van der Waals surface area contributed by atoms with Gasteiger partial charge in [0.15, 0.2) is 0 Å². The first kappa shape index (κ1) is 14.6. The molecule has 2 aromatic carbocycles. The molecule has 1 fully saturated rings. The molecule has 1 aromatic heterocycles. The molecule has 1 amide bonds. The Morgan fingerprint density at radius 3 is 2.50 bits per heavy atom. The summed E-state index contributed by atoms with van der Waals surface area (Å²) in [4.78, 5) is 14.6. The summed E-state index contributed by atoms with van der Waals surface area (Å²) in [6.45, 7) is 0.706. The number of benzene rings is 2. The van der Waals surface area contributed by atoms with Gasteiger partial charge in [0.2, 0.25) is 0 Å². The minimum absolute atomic E-state index is 0.0108. The van der Waals surface area contributed by atoms with Crippen LogP contribution < -0.4 is 0 Å². The lowest BCUT2D eigenvalue weighted by molar-refractivity contribution is 0.0460. The summed E-state index contributed by atoms with van der Waals surface area (Å²) in [6.07, 6.45) is 4.07. The van der Waals surface area contributed by atoms with E-state index in [9.17, 15) is 9.18 Å². The third-order valence-electron chi connectivity index (χ3n) is 4.35. The molecule has 6 heteroatoms. The molecular formula is C18H15FN4O. The Bertz CT molecular complexity index is 861. The number of hydrogen-bond acceptors (Lipinski definition) is 3. The summed E-state index contributed by atoms with van der Waals surface area (Å²) >= 11 is 0. The average molecular weight is 322 g/mol. The Morgan fingerprint density at radius 2 is 1.83 bits per heavy atom. The number of rotatable bonds is 3. The van der Waals surface area contributed by atoms with Gasteiger partial charge in [0, 0.05) is 17.8 Å². The maximum atomic E-state index is 13.1. The van der Waals surface area contributed by atoms with Crippen LogP contribution in [-0.2, 0) is 0 Å². The van der Waals surface area contributed by atoms with Crippen molar-refractivity contribution in [2.24, 2.45) is 0 Å². The second-order valence-corrected chi connectivity index (χ2v) is 5.77. The smallest absolute Gasteiger partial charge is 0.254 e. The fraction of sp³-hybridized carbons (Fsp3) is 0.167. The number of hydrogen-bond donors (Lipinski definition) is 0. The summed E-state index contributed by atoms with van der Waals surface area (Å²) in [5.41, 5.74) is 2.42. The fourth-order valence-corrected chi connectivity index (χ4v) is 2.96. The van der Waals surface area contributed by atoms with Gasteiger partial charge in [-0.25, -0.2) is 4.39 Å². The summed E-state index contributed by atoms with van der Waals surface area (Å²) < 4.78 is 14.8. The number of carbonyl (C=O) groups is 1. The number of nitrogens with zero attached hydrogens (tertiary/aromatic N) is 4. The van der Waals surface area contributed by atoms with Crippen LogP contribution in [0.4, 0.5) is 4.39 Å². The van der Waals surface area contributed by atoms with Crippen molar-refractivity contribution in [3.63, 3.8) is 0 Å². The monoisotopic (exact) mass is 322 g/mol. The van der Waals surface area contributed by atoms with E-state index in [-0.39, 0.29) is 17.8 Å². The van der Waals surface area contributed by atoms with Gasteiger partial charge in [-0.3, -0.25) is 9.36 Å². The largest absolute Gasteiger partial charge is 0.331 e. The normalized spacial score (nSPS) is 16.7. The number of likely N-dealkylation sites (tertiary alicyclic amines) is 1. The lowest BCUT2D eigenvalue weighted by atomic mass is 9.93. The van der Waals surface area contributed by atoms with Gasteiger partial charge in [-0.05, 0) is 42.3 Å². The molecule has 120 valence electrons. The number of halogens is 1. The molecule has 1 saturated heterocycles. The van der Waals surface area contributed by atoms with Crippen LogP contribution in [0.2, 0.25) is 0 Å². The quantitative estimate of drug-likeness (QED) is 0.745. The number of amides is 1. The third-order valence-corrected chi connectivity index (χ3v) is 4.35. The summed E-state index contributed by atoms with van der Waals surface area (Å²) in [6, 6.07) is 13.7. The Morgan fingerprint density at radius 1 is 1.08 bits per heavy atom. The summed E-state index contributed by atoms with van der Waals surface area (Å²) in [7, 11) is 0. The molecule has 0 spiro atoms. The molecule has 0 N–H and O–H groups in total. The van der Waals surface area contributed by atoms with Crippen LogP contribution in [0.15, 0.2) is 61.2 Å². The molecule has 1 atom stereocenters. The zero-order valence-corrected chi connectivity index (χ0v) is 12.8. The van der Waals surface area contributed by atoms with Crippen LogP contribution in [-0.4, -0.2) is 32.1 Å². The molecule has 1 aliphatic rings. The van der Waals surface area contributed by atoms with Crippen LogP contribution in [0.25, 0.3) is 5.69 Å². The van der Waals surface area contributed by atoms with E-state index < -0.39 is 0 Å². The van der Waals surface area contributed by atoms with Crippen LogP contribution in [0.5, 0.6) is 0 Å². The lowest BCUT2D eigenvalue weighted by Crippen LogP contribution is -2.45. The van der Waals surface area contributed by atoms with E-state index in [1.807, 2.05) is 23.1 Å². The van der Waals surface area contributed by atoms with Gasteiger partial charge < -0.3 is 4.90 Å². The van der Waals surface area contributed by atoms with Gasteiger partial charge >= 0.3 is 0 Å². The van der Waals surface area contributed by atoms with E-state index >= 15 is 0 Å². The molecule has 1 aliphatic heterocycles. The highest BCUT2D eigenvalue weighted by atomic mass is 19.1. The molecule has 3 aromatic rings. The van der Waals surface area contributed by atoms with E-state index in [2.05, 4.69) is 10.2 Å². The number of aromatic nitrogens is 3. The van der Waals surface area contributed by atoms with Crippen molar-refractivity contribution in [1.82, 2.24) is 19.7 Å². The SMILES string of the molecule is O=C(c1cccc(-n2cnnc2)c1)N1CCC1c1ccc(F)cc1. The van der Waals surface area contributed by atoms with Crippen molar-refractivity contribution in [2.45, 2.75) is 12.5 Å². The highest BCUT2D eigenvalue weighted by Gasteiger charge is 2.33. The molecule has 0 saturated carbocycles. The molecule has 0 radical (unpaired) electrons. The first-order valence-corrected chi connectivity index (χ1v) is 7.74. The van der Waals surface area contributed by atoms with Gasteiger partial charge in [0.25, 0.3) is 5.91 Å². The Labute approximate surface area is 138 Å². The second-order valence-electron chi connectivity index (χ2n) is 5.77. The molecule has 4 rings (SSSR count). The second kappa shape index (κ2) is 5.88. The van der Waals surface area contributed by atoms with Gasteiger partial charge in [-0.2, -0.15) is 0 Å². The fourth-order valence-electron chi connectivity index (χ4n) is 2.96. The highest BCUT2D eigenvalue weighted by Crippen LogP contribution is 2.34. The minimum Gasteiger partial charge on any atom is -0.331 e. The van der Waals surface area contributed by atoms with E-state index in [0.717, 1.165) is 17.7 Å². The highest BCUT2D eigenvalue weighted by molar-refractivity contribution is 5.95. The average Bonchev–Trinajstić information content (AvgIpc) is 3.10. The van der Waals surface area contributed by atoms with E-state index in [1.54, 1.807) is 35.4 Å². The molecule has 2 heterocycles. The zero-order valence-electron chi connectivity index (χ0n) is 12.8. The van der Waals surface area contributed by atoms with Crippen molar-refractivity contribution in [2.75, 3.05) is 6.54 Å². The molecule has 24 heavy (non-hydrogen) atoms. The molecule has 1 unspecified atom stereocenters. The van der Waals surface area contributed by atoms with Crippen molar-refractivity contribution < 1.29 is 9.18 Å². The Balaban J connectivity index is 1.58. The Hall–Kier alpha value is -3.02. The minimum atomic E-state index is -0.266. The van der Waals surface area contributed by atoms with Crippen LogP contribution in [0.3, 0.4) is 0 Å². The standard InChI is InChI=1S/C18H15FN4O/c19-15-6-4-13(5-7-15)17-8-9-23(17)18(24)14-2-1-3-16(10-14)22-11-20-21-12-22/h1-7,10-12,17H,8-9H2. The van der Waals surface area contributed by atoms with Gasteiger partial charge in [0.1, 0.15) is 18.5 Å². The Kier molecular flexibility index (Phi) is 3.57. The van der Waals surface area contributed by atoms with E-state index in [0.29, 0.717) is 12.1 Å². The van der Waals surface area contributed by atoms with Crippen molar-refractivity contribution in [3.05, 3.63) is 78.1 Å². The molecule has 0 bridgehead atoms. The first-order chi connectivity index (χ1) is 11.7. The van der Waals surface area contributed by atoms with Crippen LogP contribution in [0, 0.1) is 5.82 Å². The first-order valence-electron chi connectivity index (χ1n) is 7.74. The predicted molar refractivity (Wildman–Crippen MR) is 86.2 cm³/mol. The van der Waals surface area contributed by atoms with Gasteiger partial charge in [-0.1, -0.05) is 18.2 Å². The molecule has 0 aliphatic carbocycles. The number of carbonyl (C=O) groups excluding carboxylic acids is 1. The summed E-state index contributed by atoms with van der Waals surface area (Å²) in [5, 5.41) is 7.56. The predicted octanol–water partition coefficient (Wildman–Crippen LogP) is 2.99. The molecular weight excluding hydrogens is 307 g/mol. The van der Waals surface area contributed by atoms with Gasteiger partial charge in [-0.15, -0.1) is 10.2 Å². The van der Waals surface area contributed by atoms with Crippen LogP contribution >= 0.6 is 0 Å². The van der Waals surface area contributed by atoms with Crippen LogP contribution in [0.1, 0.15) is 28.4 Å². The van der Waals surface area contributed by atoms with Gasteiger partial charge in [0.05, 0.1) is 6.04 Å². The van der Waals surface area contributed by atoms with E-state index in [4.69, 9.17) is 0 Å². The zero-order chi connectivity index (χ0) is 16.5. The lowest BCUT2D eigenvalue weighted by Gasteiger charge is -2.41.